The van der Waals surface area contributed by atoms with Crippen LogP contribution in [0.5, 0.6) is 0 Å². The van der Waals surface area contributed by atoms with E-state index in [4.69, 9.17) is 16.6 Å². The molecule has 0 fully saturated rings. The summed E-state index contributed by atoms with van der Waals surface area (Å²) in [6.45, 7) is 3.33. The maximum absolute atomic E-state index is 10.5. The molecular formula is C9H22ClN3O2. The molecule has 0 aliphatic rings. The van der Waals surface area contributed by atoms with Gasteiger partial charge in [0.05, 0.1) is 12.7 Å². The van der Waals surface area contributed by atoms with Gasteiger partial charge in [0.2, 0.25) is 0 Å². The van der Waals surface area contributed by atoms with Crippen LogP contribution in [-0.2, 0) is 4.79 Å². The van der Waals surface area contributed by atoms with Crippen LogP contribution in [0.4, 0.5) is 0 Å². The van der Waals surface area contributed by atoms with Gasteiger partial charge in [0, 0.05) is 6.54 Å². The van der Waals surface area contributed by atoms with Crippen molar-refractivity contribution in [1.82, 2.24) is 4.90 Å². The fourth-order valence-corrected chi connectivity index (χ4v) is 1.31. The minimum atomic E-state index is -0.831. The van der Waals surface area contributed by atoms with Crippen LogP contribution in [0.15, 0.2) is 0 Å². The second-order valence-corrected chi connectivity index (χ2v) is 3.50. The Morgan fingerprint density at radius 2 is 2.00 bits per heavy atom. The molecule has 0 spiro atoms. The molecule has 0 unspecified atom stereocenters. The van der Waals surface area contributed by atoms with Crippen LogP contribution < -0.4 is 11.5 Å². The van der Waals surface area contributed by atoms with E-state index in [0.29, 0.717) is 6.54 Å². The molecule has 0 aromatic heterocycles. The van der Waals surface area contributed by atoms with Crippen molar-refractivity contribution in [1.29, 1.82) is 0 Å². The Morgan fingerprint density at radius 3 is 2.40 bits per heavy atom. The van der Waals surface area contributed by atoms with Gasteiger partial charge in [0.1, 0.15) is 0 Å². The fourth-order valence-electron chi connectivity index (χ4n) is 1.31. The van der Waals surface area contributed by atoms with Crippen LogP contribution in [0.1, 0.15) is 26.2 Å². The lowest BCUT2D eigenvalue weighted by atomic mass is 10.2. The number of carboxylic acid groups (broad SMARTS) is 1. The van der Waals surface area contributed by atoms with E-state index in [2.05, 4.69) is 6.92 Å². The molecule has 0 heterocycles. The van der Waals surface area contributed by atoms with Gasteiger partial charge < -0.3 is 16.6 Å². The zero-order chi connectivity index (χ0) is 11.0. The van der Waals surface area contributed by atoms with Gasteiger partial charge in [-0.1, -0.05) is 19.8 Å². The first-order valence-corrected chi connectivity index (χ1v) is 5.01. The highest BCUT2D eigenvalue weighted by Crippen LogP contribution is 1.98. The van der Waals surface area contributed by atoms with Gasteiger partial charge in [-0.3, -0.25) is 9.69 Å². The minimum absolute atomic E-state index is 0. The van der Waals surface area contributed by atoms with Gasteiger partial charge in [-0.05, 0) is 13.0 Å². The Morgan fingerprint density at radius 1 is 1.40 bits per heavy atom. The summed E-state index contributed by atoms with van der Waals surface area (Å²) in [4.78, 5) is 12.3. The summed E-state index contributed by atoms with van der Waals surface area (Å²) in [7, 11) is 0. The van der Waals surface area contributed by atoms with E-state index in [1.54, 1.807) is 4.90 Å². The van der Waals surface area contributed by atoms with E-state index in [1.165, 1.54) is 0 Å². The van der Waals surface area contributed by atoms with Gasteiger partial charge in [-0.25, -0.2) is 0 Å². The number of nitrogens with two attached hydrogens (primary N) is 2. The van der Waals surface area contributed by atoms with Crippen LogP contribution in [0.25, 0.3) is 0 Å². The van der Waals surface area contributed by atoms with E-state index in [9.17, 15) is 4.79 Å². The molecule has 6 heteroatoms. The predicted octanol–water partition coefficient (Wildman–Crippen LogP) is 0.229. The SMILES string of the molecule is CCCCCN(CC(=O)O)CC(N)N.Cl. The first kappa shape index (κ1) is 17.0. The van der Waals surface area contributed by atoms with Crippen LogP contribution in [0.2, 0.25) is 0 Å². The number of hydrogen-bond donors (Lipinski definition) is 3. The summed E-state index contributed by atoms with van der Waals surface area (Å²) in [5.41, 5.74) is 10.8. The standard InChI is InChI=1S/C9H21N3O2.ClH/c1-2-3-4-5-12(6-8(10)11)7-9(13)14;/h8H,2-7,10-11H2,1H3,(H,13,14);1H. The molecular weight excluding hydrogens is 218 g/mol. The van der Waals surface area contributed by atoms with Crippen molar-refractivity contribution in [3.8, 4) is 0 Å². The predicted molar refractivity (Wildman–Crippen MR) is 63.0 cm³/mol. The molecule has 5 N–H and O–H groups in total. The maximum atomic E-state index is 10.5. The van der Waals surface area contributed by atoms with Crippen molar-refractivity contribution < 1.29 is 9.90 Å². The smallest absolute Gasteiger partial charge is 0.317 e. The summed E-state index contributed by atoms with van der Waals surface area (Å²) >= 11 is 0. The van der Waals surface area contributed by atoms with Gasteiger partial charge in [0.25, 0.3) is 0 Å². The van der Waals surface area contributed by atoms with E-state index in [1.807, 2.05) is 0 Å². The molecule has 92 valence electrons. The van der Waals surface area contributed by atoms with Crippen LogP contribution in [0.3, 0.4) is 0 Å². The summed E-state index contributed by atoms with van der Waals surface area (Å²) < 4.78 is 0. The Kier molecular flexibility index (Phi) is 11.6. The molecule has 0 amide bonds. The summed E-state index contributed by atoms with van der Waals surface area (Å²) in [5.74, 6) is -0.831. The van der Waals surface area contributed by atoms with E-state index in [0.717, 1.165) is 25.8 Å². The van der Waals surface area contributed by atoms with Gasteiger partial charge >= 0.3 is 5.97 Å². The molecule has 0 saturated carbocycles. The normalized spacial score (nSPS) is 10.5. The third-order valence-electron chi connectivity index (χ3n) is 1.91. The Labute approximate surface area is 97.2 Å². The van der Waals surface area contributed by atoms with Crippen molar-refractivity contribution in [2.75, 3.05) is 19.6 Å². The fraction of sp³-hybridized carbons (Fsp3) is 0.889. The summed E-state index contributed by atoms with van der Waals surface area (Å²) in [6, 6.07) is 0. The Bertz CT molecular complexity index is 167. The Hall–Kier alpha value is -0.360. The molecule has 5 nitrogen and oxygen atoms in total. The Balaban J connectivity index is 0. The highest BCUT2D eigenvalue weighted by Gasteiger charge is 2.10. The summed E-state index contributed by atoms with van der Waals surface area (Å²) in [6.07, 6.45) is 2.76. The van der Waals surface area contributed by atoms with Crippen LogP contribution in [-0.4, -0.2) is 41.8 Å². The molecule has 0 saturated heterocycles. The number of carboxylic acids is 1. The van der Waals surface area contributed by atoms with E-state index in [-0.39, 0.29) is 19.0 Å². The third-order valence-corrected chi connectivity index (χ3v) is 1.91. The van der Waals surface area contributed by atoms with Crippen molar-refractivity contribution in [3.05, 3.63) is 0 Å². The van der Waals surface area contributed by atoms with Gasteiger partial charge in [-0.15, -0.1) is 12.4 Å². The molecule has 0 bridgehead atoms. The highest BCUT2D eigenvalue weighted by atomic mass is 35.5. The first-order chi connectivity index (χ1) is 6.56. The number of nitrogens with zero attached hydrogens (tertiary/aromatic N) is 1. The third kappa shape index (κ3) is 11.6. The highest BCUT2D eigenvalue weighted by molar-refractivity contribution is 5.85. The maximum Gasteiger partial charge on any atom is 0.317 e. The topological polar surface area (TPSA) is 92.6 Å². The molecule has 0 aromatic rings. The number of halogens is 1. The van der Waals surface area contributed by atoms with Crippen LogP contribution in [0, 0.1) is 0 Å². The molecule has 0 aliphatic carbocycles. The van der Waals surface area contributed by atoms with Crippen molar-refractivity contribution in [2.24, 2.45) is 11.5 Å². The van der Waals surface area contributed by atoms with E-state index < -0.39 is 12.1 Å². The van der Waals surface area contributed by atoms with E-state index >= 15 is 0 Å². The number of hydrogen-bond acceptors (Lipinski definition) is 4. The van der Waals surface area contributed by atoms with Crippen molar-refractivity contribution in [2.45, 2.75) is 32.4 Å². The average molecular weight is 240 g/mol. The number of carbonyl (C=O) groups is 1. The van der Waals surface area contributed by atoms with Crippen LogP contribution >= 0.6 is 12.4 Å². The molecule has 0 aromatic carbocycles. The van der Waals surface area contributed by atoms with Crippen molar-refractivity contribution in [3.63, 3.8) is 0 Å². The molecule has 0 atom stereocenters. The zero-order valence-corrected chi connectivity index (χ0v) is 10.0. The van der Waals surface area contributed by atoms with Gasteiger partial charge in [0.15, 0.2) is 0 Å². The lowest BCUT2D eigenvalue weighted by Crippen LogP contribution is -2.45. The molecule has 0 aliphatic heterocycles. The average Bonchev–Trinajstić information content (AvgIpc) is 2.02. The second kappa shape index (κ2) is 10.2. The van der Waals surface area contributed by atoms with Crippen molar-refractivity contribution >= 4 is 18.4 Å². The monoisotopic (exact) mass is 239 g/mol. The lowest BCUT2D eigenvalue weighted by molar-refractivity contribution is -0.138. The molecule has 0 rings (SSSR count). The molecule has 0 radical (unpaired) electrons. The van der Waals surface area contributed by atoms with Gasteiger partial charge in [-0.2, -0.15) is 0 Å². The lowest BCUT2D eigenvalue weighted by Gasteiger charge is -2.21. The quantitative estimate of drug-likeness (QED) is 0.417. The second-order valence-electron chi connectivity index (χ2n) is 3.50. The summed E-state index contributed by atoms with van der Waals surface area (Å²) in [5, 5.41) is 8.63. The number of rotatable bonds is 8. The minimum Gasteiger partial charge on any atom is -0.480 e. The zero-order valence-electron chi connectivity index (χ0n) is 9.19. The first-order valence-electron chi connectivity index (χ1n) is 5.01. The number of aliphatic carboxylic acids is 1. The molecule has 15 heavy (non-hydrogen) atoms. The number of unbranched alkanes of at least 4 members (excludes halogenated alkanes) is 2. The largest absolute Gasteiger partial charge is 0.480 e.